The van der Waals surface area contributed by atoms with Gasteiger partial charge in [-0.25, -0.2) is 0 Å². The van der Waals surface area contributed by atoms with Crippen LogP contribution in [0.4, 0.5) is 0 Å². The van der Waals surface area contributed by atoms with Gasteiger partial charge in [-0.2, -0.15) is 0 Å². The van der Waals surface area contributed by atoms with Crippen LogP contribution in [0.15, 0.2) is 48.5 Å². The fourth-order valence-corrected chi connectivity index (χ4v) is 3.39. The van der Waals surface area contributed by atoms with Crippen molar-refractivity contribution in [1.82, 2.24) is 0 Å². The van der Waals surface area contributed by atoms with E-state index < -0.39 is 11.4 Å². The van der Waals surface area contributed by atoms with Gasteiger partial charge in [0.05, 0.1) is 13.0 Å². The Hall–Kier alpha value is -2.75. The van der Waals surface area contributed by atoms with Crippen LogP contribution in [0.2, 0.25) is 0 Å². The van der Waals surface area contributed by atoms with E-state index in [1.807, 2.05) is 31.2 Å². The summed E-state index contributed by atoms with van der Waals surface area (Å²) in [5, 5.41) is 0. The fraction of sp³-hybridized carbons (Fsp3) is 0.286. The smallest absolute Gasteiger partial charge is 0.307 e. The first-order valence-corrected chi connectivity index (χ1v) is 8.38. The van der Waals surface area contributed by atoms with Crippen molar-refractivity contribution in [3.8, 4) is 0 Å². The molecule has 1 aliphatic rings. The van der Waals surface area contributed by atoms with Crippen molar-refractivity contribution >= 4 is 17.5 Å². The summed E-state index contributed by atoms with van der Waals surface area (Å²) in [5.74, 6) is -1.10. The van der Waals surface area contributed by atoms with E-state index in [9.17, 15) is 14.4 Å². The topological polar surface area (TPSA) is 60.4 Å². The molecule has 0 bridgehead atoms. The van der Waals surface area contributed by atoms with E-state index in [2.05, 4.69) is 0 Å². The predicted molar refractivity (Wildman–Crippen MR) is 93.7 cm³/mol. The maximum atomic E-state index is 13.1. The Bertz CT molecular complexity index is 798. The zero-order chi connectivity index (χ0) is 18.0. The van der Waals surface area contributed by atoms with Crippen LogP contribution in [0.25, 0.3) is 0 Å². The Morgan fingerprint density at radius 3 is 2.04 bits per heavy atom. The lowest BCUT2D eigenvalue weighted by Gasteiger charge is -2.25. The van der Waals surface area contributed by atoms with Crippen molar-refractivity contribution in [3.05, 3.63) is 70.8 Å². The van der Waals surface area contributed by atoms with Crippen molar-refractivity contribution < 1.29 is 19.1 Å². The van der Waals surface area contributed by atoms with Crippen molar-refractivity contribution in [2.24, 2.45) is 5.41 Å². The second-order valence-corrected chi connectivity index (χ2v) is 6.43. The highest BCUT2D eigenvalue weighted by Gasteiger charge is 2.54. The van der Waals surface area contributed by atoms with E-state index in [4.69, 9.17) is 4.74 Å². The van der Waals surface area contributed by atoms with Gasteiger partial charge >= 0.3 is 5.97 Å². The summed E-state index contributed by atoms with van der Waals surface area (Å²) < 4.78 is 5.04. The van der Waals surface area contributed by atoms with Gasteiger partial charge in [-0.15, -0.1) is 0 Å². The third-order valence-electron chi connectivity index (χ3n) is 4.66. The van der Waals surface area contributed by atoms with Gasteiger partial charge in [0.15, 0.2) is 11.6 Å². The highest BCUT2D eigenvalue weighted by molar-refractivity contribution is 6.30. The molecule has 0 heterocycles. The van der Waals surface area contributed by atoms with Crippen molar-refractivity contribution in [2.75, 3.05) is 6.61 Å². The summed E-state index contributed by atoms with van der Waals surface area (Å²) in [7, 11) is 0. The maximum Gasteiger partial charge on any atom is 0.307 e. The molecule has 0 atom stereocenters. The maximum absolute atomic E-state index is 13.1. The highest BCUT2D eigenvalue weighted by atomic mass is 16.5. The Morgan fingerprint density at radius 2 is 1.52 bits per heavy atom. The lowest BCUT2D eigenvalue weighted by atomic mass is 9.74. The molecule has 128 valence electrons. The van der Waals surface area contributed by atoms with Gasteiger partial charge in [-0.3, -0.25) is 14.4 Å². The molecule has 0 saturated heterocycles. The van der Waals surface area contributed by atoms with Crippen LogP contribution in [0.1, 0.15) is 45.2 Å². The molecule has 25 heavy (non-hydrogen) atoms. The van der Waals surface area contributed by atoms with E-state index in [-0.39, 0.29) is 31.0 Å². The zero-order valence-corrected chi connectivity index (χ0v) is 14.4. The van der Waals surface area contributed by atoms with Gasteiger partial charge in [0.1, 0.15) is 5.41 Å². The summed E-state index contributed by atoms with van der Waals surface area (Å²) >= 11 is 0. The molecule has 0 aromatic heterocycles. The number of benzene rings is 2. The minimum atomic E-state index is -1.41. The summed E-state index contributed by atoms with van der Waals surface area (Å²) in [6, 6.07) is 14.4. The normalized spacial score (nSPS) is 15.1. The number of esters is 1. The SMILES string of the molecule is CCOC(=O)CC1(Cc2ccc(C)cc2)C(=O)c2ccccc2C1=O. The molecule has 0 unspecified atom stereocenters. The zero-order valence-electron chi connectivity index (χ0n) is 14.4. The van der Waals surface area contributed by atoms with E-state index in [1.54, 1.807) is 31.2 Å². The van der Waals surface area contributed by atoms with Gasteiger partial charge in [0.25, 0.3) is 0 Å². The standard InChI is InChI=1S/C21H20O4/c1-3-25-18(22)13-21(12-15-10-8-14(2)9-11-15)19(23)16-6-4-5-7-17(16)20(21)24/h4-11H,3,12-13H2,1-2H3. The van der Waals surface area contributed by atoms with E-state index in [0.29, 0.717) is 11.1 Å². The summed E-state index contributed by atoms with van der Waals surface area (Å²) in [6.45, 7) is 3.90. The van der Waals surface area contributed by atoms with Crippen molar-refractivity contribution in [1.29, 1.82) is 0 Å². The average Bonchev–Trinajstić information content (AvgIpc) is 2.80. The predicted octanol–water partition coefficient (Wildman–Crippen LogP) is 3.56. The fourth-order valence-electron chi connectivity index (χ4n) is 3.39. The minimum Gasteiger partial charge on any atom is -0.466 e. The molecule has 3 rings (SSSR count). The van der Waals surface area contributed by atoms with Gasteiger partial charge < -0.3 is 4.74 Å². The summed E-state index contributed by atoms with van der Waals surface area (Å²) in [6.07, 6.45) is -0.0422. The third-order valence-corrected chi connectivity index (χ3v) is 4.66. The minimum absolute atomic E-state index is 0.193. The van der Waals surface area contributed by atoms with Crippen LogP contribution < -0.4 is 0 Å². The molecule has 4 nitrogen and oxygen atoms in total. The molecule has 2 aromatic carbocycles. The molecule has 4 heteroatoms. The third kappa shape index (κ3) is 3.00. The number of carbonyl (C=O) groups is 3. The van der Waals surface area contributed by atoms with E-state index in [1.165, 1.54) is 0 Å². The number of aryl methyl sites for hydroxylation is 1. The molecular weight excluding hydrogens is 316 g/mol. The Labute approximate surface area is 146 Å². The number of carbonyl (C=O) groups excluding carboxylic acids is 3. The van der Waals surface area contributed by atoms with Crippen LogP contribution in [0, 0.1) is 12.3 Å². The number of Topliss-reactive ketones (excluding diaryl/α,β-unsaturated/α-hetero) is 2. The molecule has 0 radical (unpaired) electrons. The van der Waals surface area contributed by atoms with Crippen LogP contribution >= 0.6 is 0 Å². The largest absolute Gasteiger partial charge is 0.466 e. The lowest BCUT2D eigenvalue weighted by Crippen LogP contribution is -2.38. The van der Waals surface area contributed by atoms with Crippen LogP contribution in [-0.2, 0) is 16.0 Å². The molecule has 0 fully saturated rings. The number of fused-ring (bicyclic) bond motifs is 1. The highest BCUT2D eigenvalue weighted by Crippen LogP contribution is 2.42. The molecule has 1 aliphatic carbocycles. The summed E-state index contributed by atoms with van der Waals surface area (Å²) in [4.78, 5) is 38.4. The molecular formula is C21H20O4. The number of ether oxygens (including phenoxy) is 1. The van der Waals surface area contributed by atoms with Crippen molar-refractivity contribution in [3.63, 3.8) is 0 Å². The van der Waals surface area contributed by atoms with Gasteiger partial charge in [-0.05, 0) is 25.8 Å². The number of hydrogen-bond acceptors (Lipinski definition) is 4. The molecule has 0 aliphatic heterocycles. The number of ketones is 2. The molecule has 0 N–H and O–H groups in total. The second kappa shape index (κ2) is 6.63. The second-order valence-electron chi connectivity index (χ2n) is 6.43. The lowest BCUT2D eigenvalue weighted by molar-refractivity contribution is -0.144. The van der Waals surface area contributed by atoms with Gasteiger partial charge in [-0.1, -0.05) is 54.1 Å². The molecule has 0 spiro atoms. The Balaban J connectivity index is 2.04. The first-order chi connectivity index (χ1) is 12.0. The van der Waals surface area contributed by atoms with Gasteiger partial charge in [0, 0.05) is 11.1 Å². The Kier molecular flexibility index (Phi) is 4.53. The first kappa shape index (κ1) is 17.1. The number of rotatable bonds is 5. The average molecular weight is 336 g/mol. The van der Waals surface area contributed by atoms with Crippen LogP contribution in [-0.4, -0.2) is 24.1 Å². The monoisotopic (exact) mass is 336 g/mol. The van der Waals surface area contributed by atoms with Crippen LogP contribution in [0.3, 0.4) is 0 Å². The van der Waals surface area contributed by atoms with Crippen LogP contribution in [0.5, 0.6) is 0 Å². The van der Waals surface area contributed by atoms with Gasteiger partial charge in [0.2, 0.25) is 0 Å². The molecule has 0 amide bonds. The first-order valence-electron chi connectivity index (χ1n) is 8.38. The molecule has 0 saturated carbocycles. The quantitative estimate of drug-likeness (QED) is 0.619. The number of hydrogen-bond donors (Lipinski definition) is 0. The summed E-state index contributed by atoms with van der Waals surface area (Å²) in [5.41, 5.74) is 1.32. The van der Waals surface area contributed by atoms with Crippen molar-refractivity contribution in [2.45, 2.75) is 26.7 Å². The Morgan fingerprint density at radius 1 is 0.960 bits per heavy atom. The van der Waals surface area contributed by atoms with E-state index >= 15 is 0 Å². The molecule has 2 aromatic rings. The van der Waals surface area contributed by atoms with E-state index in [0.717, 1.165) is 11.1 Å².